The number of aryl methyl sites for hydroxylation is 1. The van der Waals surface area contributed by atoms with E-state index >= 15 is 0 Å². The Morgan fingerprint density at radius 2 is 2.00 bits per heavy atom. The summed E-state index contributed by atoms with van der Waals surface area (Å²) in [6.45, 7) is 7.83. The number of carbonyl (C=O) groups is 2. The van der Waals surface area contributed by atoms with Gasteiger partial charge in [0.25, 0.3) is 0 Å². The third-order valence-corrected chi connectivity index (χ3v) is 4.40. The second kappa shape index (κ2) is 8.27. The van der Waals surface area contributed by atoms with Gasteiger partial charge < -0.3 is 15.3 Å². The SMILES string of the molecule is CC(C)(C)c1nccc(CCCNC(=O)N2CCC(C(=O)O)CC2)n1. The Morgan fingerprint density at radius 3 is 2.60 bits per heavy atom. The van der Waals surface area contributed by atoms with E-state index < -0.39 is 5.97 Å². The summed E-state index contributed by atoms with van der Waals surface area (Å²) in [4.78, 5) is 33.6. The minimum atomic E-state index is -0.764. The number of amides is 2. The molecule has 1 aliphatic rings. The highest BCUT2D eigenvalue weighted by atomic mass is 16.4. The molecule has 1 aromatic heterocycles. The van der Waals surface area contributed by atoms with E-state index in [1.54, 1.807) is 11.1 Å². The topological polar surface area (TPSA) is 95.4 Å². The molecule has 0 aliphatic carbocycles. The van der Waals surface area contributed by atoms with Gasteiger partial charge in [-0.25, -0.2) is 14.8 Å². The van der Waals surface area contributed by atoms with Crippen molar-refractivity contribution in [1.82, 2.24) is 20.2 Å². The van der Waals surface area contributed by atoms with Crippen molar-refractivity contribution >= 4 is 12.0 Å². The van der Waals surface area contributed by atoms with Gasteiger partial charge in [-0.05, 0) is 31.7 Å². The summed E-state index contributed by atoms with van der Waals surface area (Å²) in [7, 11) is 0. The average molecular weight is 348 g/mol. The highest BCUT2D eigenvalue weighted by Crippen LogP contribution is 2.18. The number of carboxylic acids is 1. The Balaban J connectivity index is 1.71. The highest BCUT2D eigenvalue weighted by molar-refractivity contribution is 5.75. The predicted octanol–water partition coefficient (Wildman–Crippen LogP) is 2.21. The molecule has 1 aliphatic heterocycles. The fraction of sp³-hybridized carbons (Fsp3) is 0.667. The van der Waals surface area contributed by atoms with E-state index in [1.165, 1.54) is 0 Å². The molecule has 1 aromatic rings. The molecule has 138 valence electrons. The summed E-state index contributed by atoms with van der Waals surface area (Å²) in [5, 5.41) is 11.9. The maximum absolute atomic E-state index is 12.1. The lowest BCUT2D eigenvalue weighted by molar-refractivity contribution is -0.143. The molecular formula is C18H28N4O3. The number of carboxylic acid groups (broad SMARTS) is 1. The molecule has 2 N–H and O–H groups in total. The molecule has 0 aromatic carbocycles. The number of urea groups is 1. The van der Waals surface area contributed by atoms with Gasteiger partial charge in [-0.15, -0.1) is 0 Å². The number of rotatable bonds is 5. The third kappa shape index (κ3) is 5.69. The molecule has 0 spiro atoms. The summed E-state index contributed by atoms with van der Waals surface area (Å²) in [6, 6.07) is 1.80. The van der Waals surface area contributed by atoms with Crippen LogP contribution in [0, 0.1) is 5.92 Å². The second-order valence-electron chi connectivity index (χ2n) is 7.56. The number of nitrogens with one attached hydrogen (secondary N) is 1. The molecule has 0 radical (unpaired) electrons. The van der Waals surface area contributed by atoms with Crippen LogP contribution < -0.4 is 5.32 Å². The van der Waals surface area contributed by atoms with Gasteiger partial charge in [-0.3, -0.25) is 4.79 Å². The molecule has 2 heterocycles. The van der Waals surface area contributed by atoms with Crippen molar-refractivity contribution in [3.63, 3.8) is 0 Å². The molecule has 0 saturated carbocycles. The Kier molecular flexibility index (Phi) is 6.33. The molecule has 0 bridgehead atoms. The van der Waals surface area contributed by atoms with E-state index in [1.807, 2.05) is 6.07 Å². The first-order chi connectivity index (χ1) is 11.8. The molecule has 7 nitrogen and oxygen atoms in total. The number of aromatic nitrogens is 2. The average Bonchev–Trinajstić information content (AvgIpc) is 2.58. The minimum absolute atomic E-state index is 0.0771. The van der Waals surface area contributed by atoms with E-state index in [4.69, 9.17) is 5.11 Å². The normalized spacial score (nSPS) is 15.9. The van der Waals surface area contributed by atoms with Crippen LogP contribution in [0.25, 0.3) is 0 Å². The van der Waals surface area contributed by atoms with Crippen LogP contribution in [0.15, 0.2) is 12.3 Å². The van der Waals surface area contributed by atoms with E-state index in [0.29, 0.717) is 32.5 Å². The molecule has 1 fully saturated rings. The van der Waals surface area contributed by atoms with Gasteiger partial charge in [0.15, 0.2) is 0 Å². The van der Waals surface area contributed by atoms with Gasteiger partial charge in [-0.2, -0.15) is 0 Å². The fourth-order valence-corrected chi connectivity index (χ4v) is 2.80. The Bertz CT molecular complexity index is 605. The van der Waals surface area contributed by atoms with Crippen LogP contribution in [0.3, 0.4) is 0 Å². The zero-order valence-electron chi connectivity index (χ0n) is 15.3. The van der Waals surface area contributed by atoms with Crippen molar-refractivity contribution in [1.29, 1.82) is 0 Å². The first kappa shape index (κ1) is 19.1. The van der Waals surface area contributed by atoms with Crippen LogP contribution >= 0.6 is 0 Å². The van der Waals surface area contributed by atoms with Crippen molar-refractivity contribution in [2.45, 2.75) is 51.9 Å². The summed E-state index contributed by atoms with van der Waals surface area (Å²) < 4.78 is 0. The standard InChI is InChI=1S/C18H28N4O3/c1-18(2,3)16-19-10-6-14(21-16)5-4-9-20-17(25)22-11-7-13(8-12-22)15(23)24/h6,10,13H,4-5,7-9,11-12H2,1-3H3,(H,20,25)(H,23,24). The summed E-state index contributed by atoms with van der Waals surface area (Å²) in [5.41, 5.74) is 0.906. The van der Waals surface area contributed by atoms with Crippen LogP contribution in [0.1, 0.15) is 51.6 Å². The molecule has 2 rings (SSSR count). The van der Waals surface area contributed by atoms with Crippen molar-refractivity contribution in [2.75, 3.05) is 19.6 Å². The van der Waals surface area contributed by atoms with Crippen molar-refractivity contribution in [3.05, 3.63) is 23.8 Å². The lowest BCUT2D eigenvalue weighted by atomic mass is 9.95. The smallest absolute Gasteiger partial charge is 0.317 e. The van der Waals surface area contributed by atoms with E-state index in [2.05, 4.69) is 36.1 Å². The van der Waals surface area contributed by atoms with E-state index in [-0.39, 0.29) is 17.4 Å². The molecular weight excluding hydrogens is 320 g/mol. The van der Waals surface area contributed by atoms with E-state index in [0.717, 1.165) is 24.4 Å². The molecule has 1 saturated heterocycles. The minimum Gasteiger partial charge on any atom is -0.481 e. The first-order valence-electron chi connectivity index (χ1n) is 8.85. The number of nitrogens with zero attached hydrogens (tertiary/aromatic N) is 3. The molecule has 7 heteroatoms. The first-order valence-corrected chi connectivity index (χ1v) is 8.85. The van der Waals surface area contributed by atoms with Crippen LogP contribution in [-0.2, 0) is 16.6 Å². The molecule has 0 atom stereocenters. The van der Waals surface area contributed by atoms with Crippen LogP contribution in [0.4, 0.5) is 4.79 Å². The summed E-state index contributed by atoms with van der Waals surface area (Å²) in [6.07, 6.45) is 4.43. The number of carbonyl (C=O) groups excluding carboxylic acids is 1. The predicted molar refractivity (Wildman–Crippen MR) is 94.4 cm³/mol. The highest BCUT2D eigenvalue weighted by Gasteiger charge is 2.26. The molecule has 0 unspecified atom stereocenters. The Labute approximate surface area is 148 Å². The number of aliphatic carboxylic acids is 1. The number of likely N-dealkylation sites (tertiary alicyclic amines) is 1. The van der Waals surface area contributed by atoms with Gasteiger partial charge in [0.05, 0.1) is 5.92 Å². The monoisotopic (exact) mass is 348 g/mol. The van der Waals surface area contributed by atoms with Crippen LogP contribution in [0.2, 0.25) is 0 Å². The molecule has 25 heavy (non-hydrogen) atoms. The van der Waals surface area contributed by atoms with Crippen LogP contribution in [-0.4, -0.2) is 51.6 Å². The molecule has 2 amide bonds. The largest absolute Gasteiger partial charge is 0.481 e. The van der Waals surface area contributed by atoms with Gasteiger partial charge in [0.1, 0.15) is 5.82 Å². The fourth-order valence-electron chi connectivity index (χ4n) is 2.80. The lowest BCUT2D eigenvalue weighted by Gasteiger charge is -2.30. The van der Waals surface area contributed by atoms with Gasteiger partial charge in [0, 0.05) is 36.9 Å². The lowest BCUT2D eigenvalue weighted by Crippen LogP contribution is -2.45. The zero-order valence-corrected chi connectivity index (χ0v) is 15.3. The van der Waals surface area contributed by atoms with Crippen molar-refractivity contribution in [3.8, 4) is 0 Å². The van der Waals surface area contributed by atoms with Crippen molar-refractivity contribution in [2.24, 2.45) is 5.92 Å². The third-order valence-electron chi connectivity index (χ3n) is 4.40. The van der Waals surface area contributed by atoms with Gasteiger partial charge >= 0.3 is 12.0 Å². The van der Waals surface area contributed by atoms with Gasteiger partial charge in [-0.1, -0.05) is 20.8 Å². The van der Waals surface area contributed by atoms with Gasteiger partial charge in [0.2, 0.25) is 0 Å². The number of piperidine rings is 1. The van der Waals surface area contributed by atoms with Crippen LogP contribution in [0.5, 0.6) is 0 Å². The van der Waals surface area contributed by atoms with Crippen molar-refractivity contribution < 1.29 is 14.7 Å². The Hall–Kier alpha value is -2.18. The number of hydrogen-bond donors (Lipinski definition) is 2. The maximum atomic E-state index is 12.1. The summed E-state index contributed by atoms with van der Waals surface area (Å²) in [5.74, 6) is -0.256. The zero-order chi connectivity index (χ0) is 18.4. The quantitative estimate of drug-likeness (QED) is 0.796. The van der Waals surface area contributed by atoms with E-state index in [9.17, 15) is 9.59 Å². The maximum Gasteiger partial charge on any atom is 0.317 e. The summed E-state index contributed by atoms with van der Waals surface area (Å²) >= 11 is 0. The second-order valence-corrected chi connectivity index (χ2v) is 7.56. The number of hydrogen-bond acceptors (Lipinski definition) is 4. The Morgan fingerprint density at radius 1 is 1.32 bits per heavy atom.